The Labute approximate surface area is 146 Å². The van der Waals surface area contributed by atoms with Gasteiger partial charge in [-0.25, -0.2) is 0 Å². The topological polar surface area (TPSA) is 104 Å². The maximum atomic E-state index is 10.6. The molecule has 2 rings (SSSR count). The van der Waals surface area contributed by atoms with Crippen LogP contribution in [0.25, 0.3) is 0 Å². The number of anilines is 1. The molecule has 8 nitrogen and oxygen atoms in total. The van der Waals surface area contributed by atoms with Crippen LogP contribution in [0.5, 0.6) is 0 Å². The van der Waals surface area contributed by atoms with E-state index >= 15 is 0 Å². The summed E-state index contributed by atoms with van der Waals surface area (Å²) in [7, 11) is 1.72. The van der Waals surface area contributed by atoms with E-state index in [4.69, 9.17) is 0 Å². The first-order valence-electron chi connectivity index (χ1n) is 8.02. The van der Waals surface area contributed by atoms with Gasteiger partial charge in [-0.05, 0) is 24.3 Å². The number of nitro benzene ring substituents is 1. The summed E-state index contributed by atoms with van der Waals surface area (Å²) >= 11 is 0. The quantitative estimate of drug-likeness (QED) is 0.222. The van der Waals surface area contributed by atoms with Crippen molar-refractivity contribution in [1.82, 2.24) is 15.6 Å². The van der Waals surface area contributed by atoms with Crippen molar-refractivity contribution in [2.45, 2.75) is 6.42 Å². The van der Waals surface area contributed by atoms with E-state index in [0.29, 0.717) is 13.1 Å². The van der Waals surface area contributed by atoms with Crippen molar-refractivity contribution in [2.24, 2.45) is 4.99 Å². The fourth-order valence-electron chi connectivity index (χ4n) is 2.16. The zero-order valence-corrected chi connectivity index (χ0v) is 14.1. The van der Waals surface area contributed by atoms with Gasteiger partial charge in [-0.2, -0.15) is 0 Å². The van der Waals surface area contributed by atoms with Gasteiger partial charge in [0.25, 0.3) is 5.69 Å². The molecule has 0 aliphatic heterocycles. The fraction of sp³-hybridized carbons (Fsp3) is 0.294. The molecule has 0 spiro atoms. The lowest BCUT2D eigenvalue weighted by atomic mass is 10.3. The Hall–Kier alpha value is -3.16. The first-order chi connectivity index (χ1) is 12.2. The molecule has 0 saturated heterocycles. The molecule has 0 fully saturated rings. The Morgan fingerprint density at radius 2 is 1.88 bits per heavy atom. The summed E-state index contributed by atoms with van der Waals surface area (Å²) in [6, 6.07) is 12.2. The van der Waals surface area contributed by atoms with E-state index in [2.05, 4.69) is 25.9 Å². The number of non-ortho nitro benzene ring substituents is 1. The monoisotopic (exact) mass is 342 g/mol. The molecular weight excluding hydrogens is 320 g/mol. The van der Waals surface area contributed by atoms with Crippen LogP contribution in [0.2, 0.25) is 0 Å². The lowest BCUT2D eigenvalue weighted by Crippen LogP contribution is -2.40. The number of hydrogen-bond acceptors (Lipinski definition) is 5. The SMILES string of the molecule is CN=C(NCCNc1ccc([N+](=O)[O-])cc1)NCCc1ccccn1. The molecule has 3 N–H and O–H groups in total. The minimum Gasteiger partial charge on any atom is -0.383 e. The summed E-state index contributed by atoms with van der Waals surface area (Å²) in [5, 5.41) is 20.2. The van der Waals surface area contributed by atoms with E-state index in [1.165, 1.54) is 12.1 Å². The average Bonchev–Trinajstić information content (AvgIpc) is 2.65. The predicted molar refractivity (Wildman–Crippen MR) is 98.9 cm³/mol. The van der Waals surface area contributed by atoms with Crippen LogP contribution in [0.3, 0.4) is 0 Å². The molecule has 0 saturated carbocycles. The minimum absolute atomic E-state index is 0.0844. The summed E-state index contributed by atoms with van der Waals surface area (Å²) in [5.41, 5.74) is 1.96. The highest BCUT2D eigenvalue weighted by atomic mass is 16.6. The van der Waals surface area contributed by atoms with Crippen LogP contribution in [0.1, 0.15) is 5.69 Å². The predicted octanol–water partition coefficient (Wildman–Crippen LogP) is 1.81. The van der Waals surface area contributed by atoms with Gasteiger partial charge in [0.05, 0.1) is 4.92 Å². The molecule has 1 aromatic carbocycles. The number of nitrogens with one attached hydrogen (secondary N) is 3. The summed E-state index contributed by atoms with van der Waals surface area (Å²) in [4.78, 5) is 18.6. The molecule has 0 bridgehead atoms. The van der Waals surface area contributed by atoms with Gasteiger partial charge < -0.3 is 16.0 Å². The summed E-state index contributed by atoms with van der Waals surface area (Å²) in [5.74, 6) is 0.724. The van der Waals surface area contributed by atoms with Crippen molar-refractivity contribution >= 4 is 17.3 Å². The largest absolute Gasteiger partial charge is 0.383 e. The first-order valence-corrected chi connectivity index (χ1v) is 8.02. The van der Waals surface area contributed by atoms with Crippen molar-refractivity contribution in [3.63, 3.8) is 0 Å². The molecule has 8 heteroatoms. The third-order valence-electron chi connectivity index (χ3n) is 3.45. The van der Waals surface area contributed by atoms with Crippen molar-refractivity contribution in [3.8, 4) is 0 Å². The lowest BCUT2D eigenvalue weighted by molar-refractivity contribution is -0.384. The molecule has 1 heterocycles. The van der Waals surface area contributed by atoms with Crippen LogP contribution < -0.4 is 16.0 Å². The zero-order chi connectivity index (χ0) is 17.9. The summed E-state index contributed by atoms with van der Waals surface area (Å²) in [6.45, 7) is 2.07. The number of benzene rings is 1. The molecule has 132 valence electrons. The summed E-state index contributed by atoms with van der Waals surface area (Å²) in [6.07, 6.45) is 2.61. The molecule has 0 aliphatic carbocycles. The molecule has 25 heavy (non-hydrogen) atoms. The second-order valence-electron chi connectivity index (χ2n) is 5.23. The molecular formula is C17H22N6O2. The number of hydrogen-bond donors (Lipinski definition) is 3. The van der Waals surface area contributed by atoms with Crippen LogP contribution >= 0.6 is 0 Å². The third-order valence-corrected chi connectivity index (χ3v) is 3.45. The van der Waals surface area contributed by atoms with Gasteiger partial charge in [0, 0.05) is 62.8 Å². The highest BCUT2D eigenvalue weighted by Crippen LogP contribution is 2.14. The highest BCUT2D eigenvalue weighted by Gasteiger charge is 2.03. The van der Waals surface area contributed by atoms with E-state index in [9.17, 15) is 10.1 Å². The van der Waals surface area contributed by atoms with Gasteiger partial charge in [-0.1, -0.05) is 6.07 Å². The average molecular weight is 342 g/mol. The molecule has 0 atom stereocenters. The maximum Gasteiger partial charge on any atom is 0.269 e. The number of nitro groups is 1. The first kappa shape index (κ1) is 18.2. The lowest BCUT2D eigenvalue weighted by Gasteiger charge is -2.12. The second kappa shape index (κ2) is 9.86. The van der Waals surface area contributed by atoms with Crippen molar-refractivity contribution in [3.05, 3.63) is 64.5 Å². The number of nitrogens with zero attached hydrogens (tertiary/aromatic N) is 3. The number of pyridine rings is 1. The fourth-order valence-corrected chi connectivity index (χ4v) is 2.16. The van der Waals surface area contributed by atoms with Crippen LogP contribution in [0.4, 0.5) is 11.4 Å². The standard InChI is InChI=1S/C17H22N6O2/c1-18-17(21-11-9-14-4-2-3-10-19-14)22-13-12-20-15-5-7-16(8-6-15)23(24)25/h2-8,10,20H,9,11-13H2,1H3,(H2,18,21,22). The summed E-state index contributed by atoms with van der Waals surface area (Å²) < 4.78 is 0. The van der Waals surface area contributed by atoms with Crippen molar-refractivity contribution in [2.75, 3.05) is 32.0 Å². The van der Waals surface area contributed by atoms with E-state index in [0.717, 1.165) is 30.3 Å². The van der Waals surface area contributed by atoms with Crippen molar-refractivity contribution < 1.29 is 4.92 Å². The normalized spacial score (nSPS) is 11.0. The van der Waals surface area contributed by atoms with Gasteiger partial charge in [0.2, 0.25) is 0 Å². The van der Waals surface area contributed by atoms with Crippen molar-refractivity contribution in [1.29, 1.82) is 0 Å². The molecule has 0 amide bonds. The number of aromatic nitrogens is 1. The van der Waals surface area contributed by atoms with Crippen LogP contribution in [0, 0.1) is 10.1 Å². The Bertz CT molecular complexity index is 688. The van der Waals surface area contributed by atoms with Crippen LogP contribution in [-0.4, -0.2) is 42.5 Å². The van der Waals surface area contributed by atoms with E-state index in [1.807, 2.05) is 18.2 Å². The molecule has 0 unspecified atom stereocenters. The molecule has 1 aromatic heterocycles. The van der Waals surface area contributed by atoms with E-state index in [-0.39, 0.29) is 5.69 Å². The molecule has 2 aromatic rings. The van der Waals surface area contributed by atoms with Gasteiger partial charge in [-0.15, -0.1) is 0 Å². The Kier molecular flexibility index (Phi) is 7.17. The minimum atomic E-state index is -0.411. The van der Waals surface area contributed by atoms with Gasteiger partial charge >= 0.3 is 0 Å². The Morgan fingerprint density at radius 3 is 2.52 bits per heavy atom. The maximum absolute atomic E-state index is 10.6. The van der Waals surface area contributed by atoms with Gasteiger partial charge in [0.15, 0.2) is 5.96 Å². The van der Waals surface area contributed by atoms with E-state index < -0.39 is 4.92 Å². The zero-order valence-electron chi connectivity index (χ0n) is 14.1. The van der Waals surface area contributed by atoms with Gasteiger partial charge in [0.1, 0.15) is 0 Å². The second-order valence-corrected chi connectivity index (χ2v) is 5.23. The van der Waals surface area contributed by atoms with Crippen LogP contribution in [-0.2, 0) is 6.42 Å². The Balaban J connectivity index is 1.64. The molecule has 0 radical (unpaired) electrons. The van der Waals surface area contributed by atoms with E-state index in [1.54, 1.807) is 25.4 Å². The number of aliphatic imine (C=N–C) groups is 1. The van der Waals surface area contributed by atoms with Gasteiger partial charge in [-0.3, -0.25) is 20.1 Å². The third kappa shape index (κ3) is 6.46. The number of guanidine groups is 1. The smallest absolute Gasteiger partial charge is 0.269 e. The van der Waals surface area contributed by atoms with Crippen LogP contribution in [0.15, 0.2) is 53.7 Å². The molecule has 0 aliphatic rings. The Morgan fingerprint density at radius 1 is 1.12 bits per heavy atom. The number of rotatable bonds is 8. The highest BCUT2D eigenvalue weighted by molar-refractivity contribution is 5.79.